The lowest BCUT2D eigenvalue weighted by Crippen LogP contribution is -2.20. The van der Waals surface area contributed by atoms with Crippen molar-refractivity contribution in [3.05, 3.63) is 28.8 Å². The number of methoxy groups -OCH3 is 1. The van der Waals surface area contributed by atoms with E-state index < -0.39 is 0 Å². The van der Waals surface area contributed by atoms with Gasteiger partial charge in [0, 0.05) is 11.5 Å². The standard InChI is InChI=1S/C15H20O2/c1-9(2)12-7-11-6-5-10(3)15(16)13(11)8-14(12)17-4/h7-10H,5-6H2,1-4H3. The van der Waals surface area contributed by atoms with Crippen molar-refractivity contribution >= 4 is 5.78 Å². The number of carbonyl (C=O) groups is 1. The van der Waals surface area contributed by atoms with Gasteiger partial charge in [-0.05, 0) is 36.0 Å². The van der Waals surface area contributed by atoms with Crippen molar-refractivity contribution in [2.24, 2.45) is 5.92 Å². The third-order valence-corrected chi connectivity index (χ3v) is 3.64. The number of fused-ring (bicyclic) bond motifs is 1. The van der Waals surface area contributed by atoms with Gasteiger partial charge in [0.1, 0.15) is 5.75 Å². The van der Waals surface area contributed by atoms with E-state index in [1.807, 2.05) is 13.0 Å². The third-order valence-electron chi connectivity index (χ3n) is 3.64. The highest BCUT2D eigenvalue weighted by Crippen LogP contribution is 2.34. The fraction of sp³-hybridized carbons (Fsp3) is 0.533. The molecule has 1 aromatic rings. The Kier molecular flexibility index (Phi) is 3.23. The number of benzene rings is 1. The van der Waals surface area contributed by atoms with Gasteiger partial charge < -0.3 is 4.74 Å². The van der Waals surface area contributed by atoms with Crippen molar-refractivity contribution in [2.45, 2.75) is 39.5 Å². The predicted molar refractivity (Wildman–Crippen MR) is 68.9 cm³/mol. The van der Waals surface area contributed by atoms with Crippen LogP contribution in [0.15, 0.2) is 12.1 Å². The number of ether oxygens (including phenoxy) is 1. The zero-order valence-corrected chi connectivity index (χ0v) is 11.0. The normalized spacial score (nSPS) is 19.4. The smallest absolute Gasteiger partial charge is 0.166 e. The van der Waals surface area contributed by atoms with E-state index in [1.165, 1.54) is 11.1 Å². The lowest BCUT2D eigenvalue weighted by molar-refractivity contribution is 0.0913. The van der Waals surface area contributed by atoms with Crippen LogP contribution < -0.4 is 4.74 Å². The number of hydrogen-bond acceptors (Lipinski definition) is 2. The van der Waals surface area contributed by atoms with Crippen molar-refractivity contribution < 1.29 is 9.53 Å². The fourth-order valence-corrected chi connectivity index (χ4v) is 2.48. The van der Waals surface area contributed by atoms with Gasteiger partial charge in [0.15, 0.2) is 5.78 Å². The van der Waals surface area contributed by atoms with Crippen LogP contribution in [0.2, 0.25) is 0 Å². The van der Waals surface area contributed by atoms with Crippen LogP contribution in [-0.4, -0.2) is 12.9 Å². The zero-order chi connectivity index (χ0) is 12.6. The molecule has 0 spiro atoms. The molecule has 2 heteroatoms. The SMILES string of the molecule is COc1cc2c(cc1C(C)C)CCC(C)C2=O. The van der Waals surface area contributed by atoms with E-state index >= 15 is 0 Å². The highest BCUT2D eigenvalue weighted by molar-refractivity contribution is 6.00. The summed E-state index contributed by atoms with van der Waals surface area (Å²) in [5, 5.41) is 0. The molecule has 0 aromatic heterocycles. The molecule has 1 aliphatic rings. The Bertz CT molecular complexity index is 446. The number of aryl methyl sites for hydroxylation is 1. The Labute approximate surface area is 103 Å². The molecule has 2 rings (SSSR count). The second kappa shape index (κ2) is 4.52. The van der Waals surface area contributed by atoms with Crippen LogP contribution in [0.3, 0.4) is 0 Å². The van der Waals surface area contributed by atoms with E-state index in [1.54, 1.807) is 7.11 Å². The first kappa shape index (κ1) is 12.2. The summed E-state index contributed by atoms with van der Waals surface area (Å²) in [7, 11) is 1.67. The highest BCUT2D eigenvalue weighted by atomic mass is 16.5. The van der Waals surface area contributed by atoms with Gasteiger partial charge in [-0.3, -0.25) is 4.79 Å². The minimum Gasteiger partial charge on any atom is -0.496 e. The summed E-state index contributed by atoms with van der Waals surface area (Å²) in [6.07, 6.45) is 1.97. The molecule has 1 aliphatic carbocycles. The summed E-state index contributed by atoms with van der Waals surface area (Å²) in [5.74, 6) is 1.68. The Hall–Kier alpha value is -1.31. The molecule has 0 heterocycles. The number of rotatable bonds is 2. The van der Waals surface area contributed by atoms with Crippen molar-refractivity contribution in [1.82, 2.24) is 0 Å². The first-order chi connectivity index (χ1) is 8.04. The van der Waals surface area contributed by atoms with Crippen LogP contribution in [0, 0.1) is 5.92 Å². The molecule has 0 radical (unpaired) electrons. The van der Waals surface area contributed by atoms with Crippen molar-refractivity contribution in [3.63, 3.8) is 0 Å². The molecule has 0 fully saturated rings. The van der Waals surface area contributed by atoms with E-state index in [2.05, 4.69) is 19.9 Å². The molecule has 0 amide bonds. The third kappa shape index (κ3) is 2.08. The second-order valence-corrected chi connectivity index (χ2v) is 5.21. The molecule has 2 nitrogen and oxygen atoms in total. The summed E-state index contributed by atoms with van der Waals surface area (Å²) < 4.78 is 5.40. The highest BCUT2D eigenvalue weighted by Gasteiger charge is 2.25. The maximum absolute atomic E-state index is 12.1. The minimum absolute atomic E-state index is 0.150. The van der Waals surface area contributed by atoms with Gasteiger partial charge in [0.2, 0.25) is 0 Å². The summed E-state index contributed by atoms with van der Waals surface area (Å²) in [5.41, 5.74) is 3.26. The average Bonchev–Trinajstić information content (AvgIpc) is 2.32. The van der Waals surface area contributed by atoms with Crippen LogP contribution in [0.25, 0.3) is 0 Å². The maximum atomic E-state index is 12.1. The van der Waals surface area contributed by atoms with Crippen molar-refractivity contribution in [2.75, 3.05) is 7.11 Å². The molecule has 17 heavy (non-hydrogen) atoms. The summed E-state index contributed by atoms with van der Waals surface area (Å²) in [4.78, 5) is 12.1. The van der Waals surface area contributed by atoms with E-state index in [-0.39, 0.29) is 11.7 Å². The quantitative estimate of drug-likeness (QED) is 0.779. The van der Waals surface area contributed by atoms with E-state index in [4.69, 9.17) is 4.74 Å². The molecule has 0 bridgehead atoms. The minimum atomic E-state index is 0.150. The Morgan fingerprint density at radius 3 is 2.65 bits per heavy atom. The number of hydrogen-bond donors (Lipinski definition) is 0. The molecule has 1 unspecified atom stereocenters. The van der Waals surface area contributed by atoms with Gasteiger partial charge in [-0.15, -0.1) is 0 Å². The van der Waals surface area contributed by atoms with Crippen molar-refractivity contribution in [1.29, 1.82) is 0 Å². The van der Waals surface area contributed by atoms with Gasteiger partial charge in [-0.25, -0.2) is 0 Å². The molecule has 1 atom stereocenters. The molecule has 0 saturated carbocycles. The number of Topliss-reactive ketones (excluding diaryl/α,β-unsaturated/α-hetero) is 1. The molecular weight excluding hydrogens is 212 g/mol. The monoisotopic (exact) mass is 232 g/mol. The van der Waals surface area contributed by atoms with Crippen LogP contribution in [0.1, 0.15) is 54.6 Å². The van der Waals surface area contributed by atoms with E-state index in [0.717, 1.165) is 24.2 Å². The summed E-state index contributed by atoms with van der Waals surface area (Å²) >= 11 is 0. The van der Waals surface area contributed by atoms with E-state index in [0.29, 0.717) is 5.92 Å². The molecule has 0 aliphatic heterocycles. The van der Waals surface area contributed by atoms with Gasteiger partial charge in [0.05, 0.1) is 7.11 Å². The first-order valence-electron chi connectivity index (χ1n) is 6.29. The maximum Gasteiger partial charge on any atom is 0.166 e. The summed E-state index contributed by atoms with van der Waals surface area (Å²) in [6.45, 7) is 6.31. The van der Waals surface area contributed by atoms with Gasteiger partial charge in [-0.2, -0.15) is 0 Å². The van der Waals surface area contributed by atoms with Crippen LogP contribution in [0.5, 0.6) is 5.75 Å². The largest absolute Gasteiger partial charge is 0.496 e. The van der Waals surface area contributed by atoms with Gasteiger partial charge in [-0.1, -0.05) is 26.8 Å². The molecule has 0 saturated heterocycles. The molecular formula is C15H20O2. The Morgan fingerprint density at radius 2 is 2.06 bits per heavy atom. The van der Waals surface area contributed by atoms with Crippen LogP contribution in [-0.2, 0) is 6.42 Å². The lowest BCUT2D eigenvalue weighted by Gasteiger charge is -2.23. The van der Waals surface area contributed by atoms with Crippen LogP contribution >= 0.6 is 0 Å². The summed E-state index contributed by atoms with van der Waals surface area (Å²) in [6, 6.07) is 4.09. The second-order valence-electron chi connectivity index (χ2n) is 5.21. The average molecular weight is 232 g/mol. The van der Waals surface area contributed by atoms with Gasteiger partial charge >= 0.3 is 0 Å². The van der Waals surface area contributed by atoms with E-state index in [9.17, 15) is 4.79 Å². The van der Waals surface area contributed by atoms with Gasteiger partial charge in [0.25, 0.3) is 0 Å². The number of carbonyl (C=O) groups excluding carboxylic acids is 1. The van der Waals surface area contributed by atoms with Crippen LogP contribution in [0.4, 0.5) is 0 Å². The Morgan fingerprint density at radius 1 is 1.35 bits per heavy atom. The van der Waals surface area contributed by atoms with Crippen molar-refractivity contribution in [3.8, 4) is 5.75 Å². The fourth-order valence-electron chi connectivity index (χ4n) is 2.48. The molecule has 0 N–H and O–H groups in total. The topological polar surface area (TPSA) is 26.3 Å². The molecule has 1 aromatic carbocycles. The number of ketones is 1. The first-order valence-corrected chi connectivity index (χ1v) is 6.29. The lowest BCUT2D eigenvalue weighted by atomic mass is 9.82. The molecule has 92 valence electrons. The zero-order valence-electron chi connectivity index (χ0n) is 11.0. The Balaban J connectivity index is 2.54. The predicted octanol–water partition coefficient (Wildman–Crippen LogP) is 3.58.